The predicted octanol–water partition coefficient (Wildman–Crippen LogP) is 3.97. The minimum Gasteiger partial charge on any atom is -0.378 e. The lowest BCUT2D eigenvalue weighted by atomic mass is 10.3. The van der Waals surface area contributed by atoms with Crippen molar-refractivity contribution in [1.29, 1.82) is 0 Å². The van der Waals surface area contributed by atoms with Gasteiger partial charge in [-0.05, 0) is 43.3 Å². The van der Waals surface area contributed by atoms with Gasteiger partial charge in [-0.25, -0.2) is 0 Å². The molecule has 0 heterocycles. The standard InChI is InChI=1S/C24H26O2P/c1-2-26-20-24(18-19-25)27(21-12-6-3-7-13-21,22-14-8-4-9-15-22)23-16-10-5-11-17-23/h3-17,19,24H,2,18,20H2,1H3/q+1. The van der Waals surface area contributed by atoms with E-state index in [4.69, 9.17) is 4.74 Å². The molecule has 0 aliphatic rings. The van der Waals surface area contributed by atoms with Gasteiger partial charge in [0.15, 0.2) is 0 Å². The Kier molecular flexibility index (Phi) is 6.92. The van der Waals surface area contributed by atoms with Crippen LogP contribution in [0.25, 0.3) is 0 Å². The quantitative estimate of drug-likeness (QED) is 0.417. The van der Waals surface area contributed by atoms with Gasteiger partial charge in [0.05, 0.1) is 6.61 Å². The third-order valence-corrected chi connectivity index (χ3v) is 9.71. The molecular formula is C24H26O2P+. The van der Waals surface area contributed by atoms with Crippen LogP contribution in [0.1, 0.15) is 13.3 Å². The van der Waals surface area contributed by atoms with Crippen LogP contribution in [0, 0.1) is 0 Å². The van der Waals surface area contributed by atoms with Gasteiger partial charge in [0.25, 0.3) is 0 Å². The van der Waals surface area contributed by atoms with Crippen LogP contribution in [-0.2, 0) is 9.53 Å². The molecule has 0 aliphatic heterocycles. The number of carbonyl (C=O) groups is 1. The maximum absolute atomic E-state index is 11.7. The summed E-state index contributed by atoms with van der Waals surface area (Å²) in [6, 6.07) is 31.9. The molecule has 0 fully saturated rings. The lowest BCUT2D eigenvalue weighted by molar-refractivity contribution is -0.108. The normalized spacial score (nSPS) is 12.5. The molecule has 0 aliphatic carbocycles. The smallest absolute Gasteiger partial charge is 0.124 e. The molecule has 3 aromatic rings. The summed E-state index contributed by atoms with van der Waals surface area (Å²) in [5, 5.41) is 3.86. The van der Waals surface area contributed by atoms with E-state index in [0.29, 0.717) is 19.6 Å². The van der Waals surface area contributed by atoms with Crippen LogP contribution in [-0.4, -0.2) is 25.2 Å². The molecule has 3 rings (SSSR count). The van der Waals surface area contributed by atoms with Gasteiger partial charge < -0.3 is 9.53 Å². The minimum absolute atomic E-state index is 0.0992. The lowest BCUT2D eigenvalue weighted by Gasteiger charge is -2.34. The van der Waals surface area contributed by atoms with Crippen molar-refractivity contribution in [1.82, 2.24) is 0 Å². The van der Waals surface area contributed by atoms with E-state index in [2.05, 4.69) is 72.8 Å². The number of hydrogen-bond acceptors (Lipinski definition) is 2. The first-order chi connectivity index (χ1) is 13.3. The van der Waals surface area contributed by atoms with Crippen LogP contribution < -0.4 is 15.9 Å². The van der Waals surface area contributed by atoms with Gasteiger partial charge in [0.2, 0.25) is 0 Å². The highest BCUT2D eigenvalue weighted by molar-refractivity contribution is 7.96. The van der Waals surface area contributed by atoms with Crippen molar-refractivity contribution in [3.05, 3.63) is 91.0 Å². The third kappa shape index (κ3) is 4.03. The second-order valence-electron chi connectivity index (χ2n) is 6.45. The number of carbonyl (C=O) groups excluding carboxylic acids is 1. The molecule has 27 heavy (non-hydrogen) atoms. The molecule has 138 valence electrons. The maximum Gasteiger partial charge on any atom is 0.124 e. The zero-order valence-corrected chi connectivity index (χ0v) is 16.6. The van der Waals surface area contributed by atoms with Crippen LogP contribution >= 0.6 is 7.26 Å². The van der Waals surface area contributed by atoms with Crippen molar-refractivity contribution in [2.75, 3.05) is 13.2 Å². The Morgan fingerprint density at radius 3 is 1.52 bits per heavy atom. The van der Waals surface area contributed by atoms with E-state index in [1.54, 1.807) is 0 Å². The van der Waals surface area contributed by atoms with Gasteiger partial charge in [0, 0.05) is 13.0 Å². The molecular weight excluding hydrogens is 351 g/mol. The fourth-order valence-corrected chi connectivity index (χ4v) is 8.59. The first-order valence-corrected chi connectivity index (χ1v) is 11.3. The number of rotatable bonds is 9. The molecule has 0 bridgehead atoms. The Labute approximate surface area is 162 Å². The first-order valence-electron chi connectivity index (χ1n) is 9.41. The predicted molar refractivity (Wildman–Crippen MR) is 116 cm³/mol. The largest absolute Gasteiger partial charge is 0.378 e. The summed E-state index contributed by atoms with van der Waals surface area (Å²) in [7, 11) is -2.07. The molecule has 1 unspecified atom stereocenters. The number of benzene rings is 3. The van der Waals surface area contributed by atoms with Gasteiger partial charge in [-0.1, -0.05) is 54.6 Å². The van der Waals surface area contributed by atoms with Crippen molar-refractivity contribution < 1.29 is 9.53 Å². The summed E-state index contributed by atoms with van der Waals surface area (Å²) in [4.78, 5) is 11.7. The van der Waals surface area contributed by atoms with Gasteiger partial charge in [-0.2, -0.15) is 0 Å². The van der Waals surface area contributed by atoms with Crippen LogP contribution in [0.5, 0.6) is 0 Å². The molecule has 3 aromatic carbocycles. The molecule has 0 N–H and O–H groups in total. The van der Waals surface area contributed by atoms with Crippen LogP contribution in [0.2, 0.25) is 0 Å². The highest BCUT2D eigenvalue weighted by Gasteiger charge is 2.52. The van der Waals surface area contributed by atoms with E-state index < -0.39 is 7.26 Å². The van der Waals surface area contributed by atoms with Crippen LogP contribution in [0.4, 0.5) is 0 Å². The second-order valence-corrected chi connectivity index (χ2v) is 10.2. The molecule has 1 atom stereocenters. The van der Waals surface area contributed by atoms with E-state index in [9.17, 15) is 4.79 Å². The van der Waals surface area contributed by atoms with Crippen molar-refractivity contribution >= 4 is 29.5 Å². The summed E-state index contributed by atoms with van der Waals surface area (Å²) >= 11 is 0. The monoisotopic (exact) mass is 377 g/mol. The molecule has 0 aromatic heterocycles. The molecule has 0 amide bonds. The third-order valence-electron chi connectivity index (χ3n) is 4.92. The SMILES string of the molecule is CCOCC(CC=O)[P+](c1ccccc1)(c1ccccc1)c1ccccc1. The molecule has 3 heteroatoms. The number of hydrogen-bond donors (Lipinski definition) is 0. The zero-order valence-electron chi connectivity index (χ0n) is 15.7. The lowest BCUT2D eigenvalue weighted by Crippen LogP contribution is -2.41. The highest BCUT2D eigenvalue weighted by Crippen LogP contribution is 2.60. The summed E-state index contributed by atoms with van der Waals surface area (Å²) in [6.07, 6.45) is 1.53. The average Bonchev–Trinajstić information content (AvgIpc) is 2.75. The van der Waals surface area contributed by atoms with Crippen LogP contribution in [0.15, 0.2) is 91.0 Å². The Hall–Kier alpha value is -2.28. The van der Waals surface area contributed by atoms with Crippen molar-refractivity contribution in [3.8, 4) is 0 Å². The van der Waals surface area contributed by atoms with Gasteiger partial charge in [-0.15, -0.1) is 0 Å². The summed E-state index contributed by atoms with van der Waals surface area (Å²) in [6.45, 7) is 3.22. The van der Waals surface area contributed by atoms with Gasteiger partial charge in [0.1, 0.15) is 35.1 Å². The second kappa shape index (κ2) is 9.60. The van der Waals surface area contributed by atoms with Crippen molar-refractivity contribution in [2.24, 2.45) is 0 Å². The van der Waals surface area contributed by atoms with E-state index in [1.807, 2.05) is 25.1 Å². The van der Waals surface area contributed by atoms with Gasteiger partial charge >= 0.3 is 0 Å². The maximum atomic E-state index is 11.7. The first kappa shape index (κ1) is 19.5. The fourth-order valence-electron chi connectivity index (χ4n) is 3.77. The van der Waals surface area contributed by atoms with E-state index in [0.717, 1.165) is 6.29 Å². The molecule has 0 saturated carbocycles. The van der Waals surface area contributed by atoms with E-state index >= 15 is 0 Å². The molecule has 2 nitrogen and oxygen atoms in total. The fraction of sp³-hybridized carbons (Fsp3) is 0.208. The number of ether oxygens (including phenoxy) is 1. The molecule has 0 spiro atoms. The summed E-state index contributed by atoms with van der Waals surface area (Å²) in [5.41, 5.74) is 0.0992. The Bertz CT molecular complexity index is 722. The van der Waals surface area contributed by atoms with Crippen LogP contribution in [0.3, 0.4) is 0 Å². The zero-order chi connectivity index (χ0) is 19.0. The van der Waals surface area contributed by atoms with Gasteiger partial charge in [-0.3, -0.25) is 0 Å². The average molecular weight is 377 g/mol. The Morgan fingerprint density at radius 1 is 0.778 bits per heavy atom. The summed E-state index contributed by atoms with van der Waals surface area (Å²) in [5.74, 6) is 0. The molecule has 0 radical (unpaired) electrons. The molecule has 0 saturated heterocycles. The Morgan fingerprint density at radius 2 is 1.19 bits per heavy atom. The van der Waals surface area contributed by atoms with E-state index in [1.165, 1.54) is 15.9 Å². The summed E-state index contributed by atoms with van der Waals surface area (Å²) < 4.78 is 5.89. The van der Waals surface area contributed by atoms with E-state index in [-0.39, 0.29) is 5.66 Å². The van der Waals surface area contributed by atoms with Crippen molar-refractivity contribution in [2.45, 2.75) is 19.0 Å². The topological polar surface area (TPSA) is 26.3 Å². The number of aldehydes is 1. The highest BCUT2D eigenvalue weighted by atomic mass is 31.2. The van der Waals surface area contributed by atoms with Crippen molar-refractivity contribution in [3.63, 3.8) is 0 Å². The minimum atomic E-state index is -2.07. The Balaban J connectivity index is 2.32.